The molecule has 0 saturated carbocycles. The number of benzene rings is 2. The second-order valence-electron chi connectivity index (χ2n) is 5.71. The fourth-order valence-corrected chi connectivity index (χ4v) is 2.70. The first-order valence-electron chi connectivity index (χ1n) is 7.57. The molecule has 0 aliphatic rings. The van der Waals surface area contributed by atoms with Gasteiger partial charge in [-0.25, -0.2) is 4.79 Å². The minimum atomic E-state index is -4.73. The van der Waals surface area contributed by atoms with Crippen LogP contribution in [0.25, 0.3) is 22.2 Å². The van der Waals surface area contributed by atoms with Crippen molar-refractivity contribution in [3.8, 4) is 11.3 Å². The minimum absolute atomic E-state index is 0.0657. The highest BCUT2D eigenvalue weighted by Gasteiger charge is 2.30. The van der Waals surface area contributed by atoms with Crippen molar-refractivity contribution in [1.29, 1.82) is 0 Å². The number of nitro benzene ring substituents is 2. The highest BCUT2D eigenvalue weighted by molar-refractivity contribution is 5.94. The van der Waals surface area contributed by atoms with E-state index in [0.29, 0.717) is 4.57 Å². The van der Waals surface area contributed by atoms with Gasteiger partial charge in [-0.05, 0) is 6.07 Å². The zero-order valence-electron chi connectivity index (χ0n) is 13.7. The Balaban J connectivity index is 2.37. The number of fused-ring (bicyclic) bond motifs is 1. The van der Waals surface area contributed by atoms with Crippen molar-refractivity contribution in [2.75, 3.05) is 0 Å². The normalized spacial score (nSPS) is 11.5. The lowest BCUT2D eigenvalue weighted by atomic mass is 10.0. The van der Waals surface area contributed by atoms with Gasteiger partial charge in [0.05, 0.1) is 21.1 Å². The third kappa shape index (κ3) is 3.65. The summed E-state index contributed by atoms with van der Waals surface area (Å²) in [5.74, 6) is 0. The third-order valence-electron chi connectivity index (χ3n) is 3.84. The summed E-state index contributed by atoms with van der Waals surface area (Å²) >= 11 is 0. The van der Waals surface area contributed by atoms with Crippen LogP contribution >= 0.6 is 0 Å². The molecule has 2 aromatic carbocycles. The van der Waals surface area contributed by atoms with E-state index in [4.69, 9.17) is 0 Å². The van der Waals surface area contributed by atoms with Crippen molar-refractivity contribution in [1.82, 2.24) is 9.55 Å². The molecule has 3 rings (SSSR count). The SMILES string of the molecule is O=c1nc(-c2cccc([N+](=O)[O-])c2)c2cc([N+](=O)[O-])ccc2n1CC(F)(F)F. The average Bonchev–Trinajstić information content (AvgIpc) is 2.62. The molecule has 0 bridgehead atoms. The Morgan fingerprint density at radius 2 is 1.64 bits per heavy atom. The van der Waals surface area contributed by atoms with Gasteiger partial charge in [0.25, 0.3) is 11.4 Å². The van der Waals surface area contributed by atoms with Crippen molar-refractivity contribution in [3.63, 3.8) is 0 Å². The molecule has 144 valence electrons. The maximum atomic E-state index is 12.9. The number of rotatable bonds is 4. The Kier molecular flexibility index (Phi) is 4.55. The quantitative estimate of drug-likeness (QED) is 0.494. The molecule has 0 unspecified atom stereocenters. The lowest BCUT2D eigenvalue weighted by molar-refractivity contribution is -0.384. The number of nitrogens with zero attached hydrogens (tertiary/aromatic N) is 4. The highest BCUT2D eigenvalue weighted by atomic mass is 19.4. The molecule has 0 atom stereocenters. The molecule has 9 nitrogen and oxygen atoms in total. The van der Waals surface area contributed by atoms with E-state index in [0.717, 1.165) is 24.3 Å². The van der Waals surface area contributed by atoms with E-state index in [2.05, 4.69) is 4.98 Å². The summed E-state index contributed by atoms with van der Waals surface area (Å²) in [5.41, 5.74) is -2.36. The van der Waals surface area contributed by atoms with E-state index in [9.17, 15) is 38.2 Å². The second kappa shape index (κ2) is 6.72. The number of nitro groups is 2. The van der Waals surface area contributed by atoms with Gasteiger partial charge in [0.2, 0.25) is 0 Å². The fourth-order valence-electron chi connectivity index (χ4n) is 2.70. The molecule has 1 heterocycles. The topological polar surface area (TPSA) is 121 Å². The molecule has 3 aromatic rings. The summed E-state index contributed by atoms with van der Waals surface area (Å²) in [7, 11) is 0. The van der Waals surface area contributed by atoms with Crippen LogP contribution in [0.2, 0.25) is 0 Å². The molecule has 0 spiro atoms. The molecule has 1 aromatic heterocycles. The van der Waals surface area contributed by atoms with Crippen LogP contribution in [0.15, 0.2) is 47.3 Å². The van der Waals surface area contributed by atoms with Crippen molar-refractivity contribution >= 4 is 22.3 Å². The molecule has 12 heteroatoms. The first kappa shape index (κ1) is 18.9. The first-order valence-corrected chi connectivity index (χ1v) is 7.57. The van der Waals surface area contributed by atoms with E-state index in [1.807, 2.05) is 0 Å². The van der Waals surface area contributed by atoms with E-state index >= 15 is 0 Å². The summed E-state index contributed by atoms with van der Waals surface area (Å²) in [6.07, 6.45) is -4.73. The van der Waals surface area contributed by atoms with Crippen LogP contribution in [0.4, 0.5) is 24.5 Å². The fraction of sp³-hybridized carbons (Fsp3) is 0.125. The predicted molar refractivity (Wildman–Crippen MR) is 90.8 cm³/mol. The number of hydrogen-bond acceptors (Lipinski definition) is 6. The lowest BCUT2D eigenvalue weighted by Crippen LogP contribution is -2.30. The van der Waals surface area contributed by atoms with Gasteiger partial charge in [-0.1, -0.05) is 12.1 Å². The molecule has 28 heavy (non-hydrogen) atoms. The first-order chi connectivity index (χ1) is 13.1. The number of hydrogen-bond donors (Lipinski definition) is 0. The minimum Gasteiger partial charge on any atom is -0.283 e. The van der Waals surface area contributed by atoms with E-state index in [1.54, 1.807) is 0 Å². The summed E-state index contributed by atoms with van der Waals surface area (Å²) in [5, 5.41) is 21.9. The Bertz CT molecular complexity index is 1170. The average molecular weight is 394 g/mol. The zero-order valence-corrected chi connectivity index (χ0v) is 13.7. The number of aromatic nitrogens is 2. The van der Waals surface area contributed by atoms with Crippen LogP contribution in [0, 0.1) is 20.2 Å². The van der Waals surface area contributed by atoms with Crippen molar-refractivity contribution < 1.29 is 23.0 Å². The van der Waals surface area contributed by atoms with Gasteiger partial charge in [0, 0.05) is 35.2 Å². The van der Waals surface area contributed by atoms with Crippen molar-refractivity contribution in [3.05, 3.63) is 73.2 Å². The van der Waals surface area contributed by atoms with Crippen LogP contribution in [-0.2, 0) is 6.54 Å². The maximum Gasteiger partial charge on any atom is 0.406 e. The monoisotopic (exact) mass is 394 g/mol. The third-order valence-corrected chi connectivity index (χ3v) is 3.84. The molecule has 0 saturated heterocycles. The Morgan fingerprint density at radius 1 is 1.00 bits per heavy atom. The standard InChI is InChI=1S/C16H9F3N4O5/c17-16(18,19)8-21-13-5-4-11(23(27)28)7-12(13)14(20-15(21)24)9-2-1-3-10(6-9)22(25)26/h1-7H,8H2. The highest BCUT2D eigenvalue weighted by Crippen LogP contribution is 2.31. The molecule has 0 fully saturated rings. The predicted octanol–water partition coefficient (Wildman–Crippen LogP) is 3.44. The lowest BCUT2D eigenvalue weighted by Gasteiger charge is -2.14. The molecule has 0 aliphatic carbocycles. The van der Waals surface area contributed by atoms with Crippen LogP contribution in [0.5, 0.6) is 0 Å². The van der Waals surface area contributed by atoms with Crippen LogP contribution in [0.1, 0.15) is 0 Å². The molecule has 0 amide bonds. The van der Waals surface area contributed by atoms with Gasteiger partial charge < -0.3 is 0 Å². The van der Waals surface area contributed by atoms with Gasteiger partial charge in [-0.3, -0.25) is 24.8 Å². The number of alkyl halides is 3. The van der Waals surface area contributed by atoms with Gasteiger partial charge >= 0.3 is 11.9 Å². The Morgan fingerprint density at radius 3 is 2.25 bits per heavy atom. The molecule has 0 N–H and O–H groups in total. The number of halogens is 3. The van der Waals surface area contributed by atoms with Gasteiger partial charge in [0.1, 0.15) is 6.54 Å². The largest absolute Gasteiger partial charge is 0.406 e. The van der Waals surface area contributed by atoms with E-state index in [1.165, 1.54) is 18.2 Å². The van der Waals surface area contributed by atoms with Crippen LogP contribution in [-0.4, -0.2) is 25.6 Å². The van der Waals surface area contributed by atoms with Gasteiger partial charge in [-0.15, -0.1) is 0 Å². The molecule has 0 aliphatic heterocycles. The summed E-state index contributed by atoms with van der Waals surface area (Å²) in [6, 6.07) is 7.88. The summed E-state index contributed by atoms with van der Waals surface area (Å²) in [4.78, 5) is 36.4. The maximum absolute atomic E-state index is 12.9. The van der Waals surface area contributed by atoms with Gasteiger partial charge in [0.15, 0.2) is 0 Å². The second-order valence-corrected chi connectivity index (χ2v) is 5.71. The van der Waals surface area contributed by atoms with Crippen molar-refractivity contribution in [2.45, 2.75) is 12.7 Å². The Hall–Kier alpha value is -3.83. The smallest absolute Gasteiger partial charge is 0.283 e. The summed E-state index contributed by atoms with van der Waals surface area (Å²) < 4.78 is 38.9. The van der Waals surface area contributed by atoms with E-state index in [-0.39, 0.29) is 27.8 Å². The molecular formula is C16H9F3N4O5. The van der Waals surface area contributed by atoms with Crippen LogP contribution < -0.4 is 5.69 Å². The van der Waals surface area contributed by atoms with Gasteiger partial charge in [-0.2, -0.15) is 18.2 Å². The molecule has 0 radical (unpaired) electrons. The van der Waals surface area contributed by atoms with Crippen LogP contribution in [0.3, 0.4) is 0 Å². The summed E-state index contributed by atoms with van der Waals surface area (Å²) in [6.45, 7) is -1.64. The molecular weight excluding hydrogens is 385 g/mol. The zero-order chi connectivity index (χ0) is 20.6. The Labute approximate surface area is 153 Å². The number of non-ortho nitro benzene ring substituents is 2. The van der Waals surface area contributed by atoms with Crippen molar-refractivity contribution in [2.24, 2.45) is 0 Å². The van der Waals surface area contributed by atoms with E-state index < -0.39 is 33.9 Å².